The van der Waals surface area contributed by atoms with Gasteiger partial charge in [-0.1, -0.05) is 31.2 Å². The summed E-state index contributed by atoms with van der Waals surface area (Å²) in [5.41, 5.74) is 3.09. The van der Waals surface area contributed by atoms with Crippen molar-refractivity contribution >= 4 is 0 Å². The van der Waals surface area contributed by atoms with Crippen molar-refractivity contribution in [2.24, 2.45) is 0 Å². The lowest BCUT2D eigenvalue weighted by Gasteiger charge is -2.33. The number of fused-ring (bicyclic) bond motifs is 1. The Balaban J connectivity index is 1.70. The molecule has 0 amide bonds. The molecule has 1 aromatic carbocycles. The fraction of sp³-hybridized carbons (Fsp3) is 0.647. The van der Waals surface area contributed by atoms with Crippen LogP contribution in [0.2, 0.25) is 0 Å². The van der Waals surface area contributed by atoms with E-state index in [-0.39, 0.29) is 5.60 Å². The zero-order valence-corrected chi connectivity index (χ0v) is 12.1. The predicted molar refractivity (Wildman–Crippen MR) is 78.4 cm³/mol. The highest BCUT2D eigenvalue weighted by molar-refractivity contribution is 5.34. The van der Waals surface area contributed by atoms with Gasteiger partial charge in [-0.3, -0.25) is 0 Å². The number of rotatable bonds is 3. The summed E-state index contributed by atoms with van der Waals surface area (Å²) in [4.78, 5) is 0. The monoisotopic (exact) mass is 259 g/mol. The van der Waals surface area contributed by atoms with Crippen molar-refractivity contribution < 1.29 is 4.74 Å². The van der Waals surface area contributed by atoms with E-state index in [1.54, 1.807) is 0 Å². The molecule has 2 aliphatic rings. The molecule has 2 heteroatoms. The Morgan fingerprint density at radius 2 is 2.05 bits per heavy atom. The van der Waals surface area contributed by atoms with E-state index < -0.39 is 0 Å². The van der Waals surface area contributed by atoms with Crippen LogP contribution in [-0.2, 0) is 4.74 Å². The van der Waals surface area contributed by atoms with Crippen molar-refractivity contribution in [2.45, 2.75) is 57.1 Å². The smallest absolute Gasteiger partial charge is 0.0779 e. The molecule has 1 aliphatic carbocycles. The first-order valence-corrected chi connectivity index (χ1v) is 7.64. The third-order valence-corrected chi connectivity index (χ3v) is 4.81. The van der Waals surface area contributed by atoms with Crippen molar-refractivity contribution in [3.05, 3.63) is 35.4 Å². The van der Waals surface area contributed by atoms with E-state index in [1.165, 1.54) is 36.8 Å². The lowest BCUT2D eigenvalue weighted by atomic mass is 9.81. The molecule has 1 N–H and O–H groups in total. The number of ether oxygens (including phenoxy) is 1. The molecule has 1 saturated heterocycles. The van der Waals surface area contributed by atoms with Gasteiger partial charge in [0.05, 0.1) is 5.60 Å². The minimum Gasteiger partial charge on any atom is -0.374 e. The molecule has 1 aromatic rings. The maximum Gasteiger partial charge on any atom is 0.0779 e. The topological polar surface area (TPSA) is 21.3 Å². The average Bonchev–Trinajstić information content (AvgIpc) is 2.86. The highest BCUT2D eigenvalue weighted by Gasteiger charge is 2.31. The molecule has 19 heavy (non-hydrogen) atoms. The summed E-state index contributed by atoms with van der Waals surface area (Å²) in [5, 5.41) is 3.76. The van der Waals surface area contributed by atoms with Gasteiger partial charge in [0.25, 0.3) is 0 Å². The summed E-state index contributed by atoms with van der Waals surface area (Å²) in [7, 11) is 0. The van der Waals surface area contributed by atoms with Gasteiger partial charge >= 0.3 is 0 Å². The van der Waals surface area contributed by atoms with Crippen LogP contribution in [0.5, 0.6) is 0 Å². The summed E-state index contributed by atoms with van der Waals surface area (Å²) in [6.45, 7) is 6.48. The molecule has 0 saturated carbocycles. The highest BCUT2D eigenvalue weighted by atomic mass is 16.5. The van der Waals surface area contributed by atoms with Crippen LogP contribution >= 0.6 is 0 Å². The van der Waals surface area contributed by atoms with Gasteiger partial charge in [-0.2, -0.15) is 0 Å². The van der Waals surface area contributed by atoms with Crippen LogP contribution in [0.25, 0.3) is 0 Å². The van der Waals surface area contributed by atoms with Crippen LogP contribution in [0.3, 0.4) is 0 Å². The zero-order valence-electron chi connectivity index (χ0n) is 12.1. The number of nitrogens with one attached hydrogen (secondary N) is 1. The van der Waals surface area contributed by atoms with Crippen molar-refractivity contribution in [3.8, 4) is 0 Å². The Labute approximate surface area is 116 Å². The number of hydrogen-bond acceptors (Lipinski definition) is 2. The predicted octanol–water partition coefficient (Wildman–Crippen LogP) is 3.78. The molecule has 0 bridgehead atoms. The summed E-state index contributed by atoms with van der Waals surface area (Å²) < 4.78 is 5.88. The van der Waals surface area contributed by atoms with Gasteiger partial charge < -0.3 is 10.1 Å². The quantitative estimate of drug-likeness (QED) is 0.892. The van der Waals surface area contributed by atoms with Crippen molar-refractivity contribution in [1.82, 2.24) is 5.32 Å². The van der Waals surface area contributed by atoms with Gasteiger partial charge in [0.2, 0.25) is 0 Å². The van der Waals surface area contributed by atoms with Crippen LogP contribution in [-0.4, -0.2) is 18.8 Å². The number of hydrogen-bond donors (Lipinski definition) is 1. The van der Waals surface area contributed by atoms with E-state index in [4.69, 9.17) is 4.74 Å². The second-order valence-electron chi connectivity index (χ2n) is 6.44. The molecule has 0 spiro atoms. The van der Waals surface area contributed by atoms with Crippen LogP contribution in [0.1, 0.15) is 62.6 Å². The molecule has 104 valence electrons. The van der Waals surface area contributed by atoms with Gasteiger partial charge in [0.1, 0.15) is 0 Å². The molecule has 3 atom stereocenters. The van der Waals surface area contributed by atoms with Gasteiger partial charge in [-0.15, -0.1) is 0 Å². The maximum atomic E-state index is 5.88. The standard InChI is InChI=1S/C17H25NO/c1-13-8-9-16(15-7-4-3-6-14(13)15)18-12-17(2)10-5-11-19-17/h3-4,6-7,13,16,18H,5,8-12H2,1-2H3. The largest absolute Gasteiger partial charge is 0.374 e. The summed E-state index contributed by atoms with van der Waals surface area (Å²) in [5.74, 6) is 0.701. The minimum absolute atomic E-state index is 0.0536. The SMILES string of the molecule is CC1CCC(NCC2(C)CCCO2)c2ccccc21. The second kappa shape index (κ2) is 5.26. The lowest BCUT2D eigenvalue weighted by Crippen LogP contribution is -2.40. The van der Waals surface area contributed by atoms with Crippen LogP contribution < -0.4 is 5.32 Å². The minimum atomic E-state index is 0.0536. The Bertz CT molecular complexity index is 437. The van der Waals surface area contributed by atoms with E-state index in [9.17, 15) is 0 Å². The maximum absolute atomic E-state index is 5.88. The summed E-state index contributed by atoms with van der Waals surface area (Å²) in [6, 6.07) is 9.43. The van der Waals surface area contributed by atoms with E-state index in [1.807, 2.05) is 0 Å². The molecule has 3 unspecified atom stereocenters. The van der Waals surface area contributed by atoms with E-state index in [0.717, 1.165) is 13.2 Å². The normalized spacial score (nSPS) is 34.2. The molecule has 2 nitrogen and oxygen atoms in total. The van der Waals surface area contributed by atoms with Gasteiger partial charge in [0.15, 0.2) is 0 Å². The molecule has 1 fully saturated rings. The Kier molecular flexibility index (Phi) is 3.64. The molecule has 3 rings (SSSR count). The molecular weight excluding hydrogens is 234 g/mol. The summed E-state index contributed by atoms with van der Waals surface area (Å²) in [6.07, 6.45) is 4.92. The third-order valence-electron chi connectivity index (χ3n) is 4.81. The van der Waals surface area contributed by atoms with Crippen molar-refractivity contribution in [2.75, 3.05) is 13.2 Å². The molecule has 0 radical (unpaired) electrons. The Morgan fingerprint density at radius 1 is 1.26 bits per heavy atom. The summed E-state index contributed by atoms with van der Waals surface area (Å²) >= 11 is 0. The fourth-order valence-corrected chi connectivity index (χ4v) is 3.53. The first-order chi connectivity index (χ1) is 9.18. The average molecular weight is 259 g/mol. The lowest BCUT2D eigenvalue weighted by molar-refractivity contribution is 0.0182. The van der Waals surface area contributed by atoms with Crippen LogP contribution in [0.4, 0.5) is 0 Å². The van der Waals surface area contributed by atoms with Crippen molar-refractivity contribution in [1.29, 1.82) is 0 Å². The van der Waals surface area contributed by atoms with E-state index in [0.29, 0.717) is 12.0 Å². The highest BCUT2D eigenvalue weighted by Crippen LogP contribution is 2.37. The first-order valence-electron chi connectivity index (χ1n) is 7.64. The van der Waals surface area contributed by atoms with Crippen molar-refractivity contribution in [3.63, 3.8) is 0 Å². The molecular formula is C17H25NO. The molecule has 1 heterocycles. The third kappa shape index (κ3) is 2.70. The molecule has 1 aliphatic heterocycles. The van der Waals surface area contributed by atoms with Crippen LogP contribution in [0, 0.1) is 0 Å². The second-order valence-corrected chi connectivity index (χ2v) is 6.44. The first kappa shape index (κ1) is 13.1. The van der Waals surface area contributed by atoms with E-state index >= 15 is 0 Å². The number of benzene rings is 1. The Hall–Kier alpha value is -0.860. The fourth-order valence-electron chi connectivity index (χ4n) is 3.53. The van der Waals surface area contributed by atoms with Crippen LogP contribution in [0.15, 0.2) is 24.3 Å². The van der Waals surface area contributed by atoms with E-state index in [2.05, 4.69) is 43.4 Å². The van der Waals surface area contributed by atoms with Gasteiger partial charge in [-0.05, 0) is 49.7 Å². The zero-order chi connectivity index (χ0) is 13.3. The Morgan fingerprint density at radius 3 is 2.79 bits per heavy atom. The van der Waals surface area contributed by atoms with Gasteiger partial charge in [-0.25, -0.2) is 0 Å². The molecule has 0 aromatic heterocycles. The van der Waals surface area contributed by atoms with Gasteiger partial charge in [0, 0.05) is 19.2 Å².